The molecule has 302 valence electrons. The number of benzene rings is 4. The Bertz CT molecular complexity index is 2100. The van der Waals surface area contributed by atoms with Crippen LogP contribution in [0.1, 0.15) is 95.7 Å². The van der Waals surface area contributed by atoms with Crippen molar-refractivity contribution in [1.29, 1.82) is 0 Å². The first-order valence-electron chi connectivity index (χ1n) is 19.3. The molecule has 0 aliphatic carbocycles. The molecule has 1 unspecified atom stereocenters. The van der Waals surface area contributed by atoms with E-state index in [2.05, 4.69) is 15.8 Å². The van der Waals surface area contributed by atoms with Crippen LogP contribution in [0.2, 0.25) is 5.02 Å². The Hall–Kier alpha value is -5.11. The largest absolute Gasteiger partial charge is 0.493 e. The van der Waals surface area contributed by atoms with Gasteiger partial charge in [-0.05, 0) is 95.8 Å². The van der Waals surface area contributed by atoms with E-state index < -0.39 is 6.17 Å². The Morgan fingerprint density at radius 1 is 0.667 bits per heavy atom. The average molecular weight is 800 g/mol. The molecule has 0 bridgehead atoms. The van der Waals surface area contributed by atoms with E-state index in [1.807, 2.05) is 36.4 Å². The Labute approximate surface area is 337 Å². The zero-order chi connectivity index (χ0) is 40.1. The Morgan fingerprint density at radius 3 is 1.96 bits per heavy atom. The van der Waals surface area contributed by atoms with Crippen molar-refractivity contribution < 1.29 is 44.0 Å². The summed E-state index contributed by atoms with van der Waals surface area (Å²) >= 11 is 6.05. The van der Waals surface area contributed by atoms with Crippen LogP contribution in [0.3, 0.4) is 0 Å². The fourth-order valence-electron chi connectivity index (χ4n) is 6.99. The van der Waals surface area contributed by atoms with Crippen LogP contribution in [0.25, 0.3) is 22.6 Å². The minimum Gasteiger partial charge on any atom is -0.493 e. The monoisotopic (exact) mass is 799 g/mol. The minimum atomic E-state index is -0.434. The number of fused-ring (bicyclic) bond motifs is 1. The van der Waals surface area contributed by atoms with Gasteiger partial charge in [-0.1, -0.05) is 61.3 Å². The SMILES string of the molecule is COc1ccc(-c2cc(-c3cc(CO)c(CO)c(CO)c3)no2)cc1OCCCCCCCCCCOc1ccc(C2NC(=O)c3cc(Cl)ccc3N2)cc1CO. The zero-order valence-corrected chi connectivity index (χ0v) is 32.8. The first-order valence-corrected chi connectivity index (χ1v) is 19.7. The summed E-state index contributed by atoms with van der Waals surface area (Å²) < 4.78 is 23.4. The van der Waals surface area contributed by atoms with Crippen molar-refractivity contribution in [1.82, 2.24) is 10.5 Å². The van der Waals surface area contributed by atoms with Gasteiger partial charge in [-0.2, -0.15) is 0 Å². The summed E-state index contributed by atoms with van der Waals surface area (Å²) in [5, 5.41) is 50.3. The van der Waals surface area contributed by atoms with Gasteiger partial charge < -0.3 is 49.8 Å². The van der Waals surface area contributed by atoms with Gasteiger partial charge in [-0.3, -0.25) is 4.79 Å². The predicted molar refractivity (Wildman–Crippen MR) is 217 cm³/mol. The van der Waals surface area contributed by atoms with Crippen LogP contribution in [0, 0.1) is 0 Å². The second-order valence-electron chi connectivity index (χ2n) is 14.0. The molecule has 1 aliphatic rings. The van der Waals surface area contributed by atoms with E-state index in [0.29, 0.717) is 86.0 Å². The molecule has 2 heterocycles. The number of carbonyl (C=O) groups excluding carboxylic acids is 1. The van der Waals surface area contributed by atoms with Crippen LogP contribution in [0.4, 0.5) is 5.69 Å². The van der Waals surface area contributed by atoms with E-state index in [-0.39, 0.29) is 32.3 Å². The lowest BCUT2D eigenvalue weighted by atomic mass is 9.97. The minimum absolute atomic E-state index is 0.171. The lowest BCUT2D eigenvalue weighted by Crippen LogP contribution is -2.38. The number of methoxy groups -OCH3 is 1. The number of hydrogen-bond donors (Lipinski definition) is 6. The van der Waals surface area contributed by atoms with Gasteiger partial charge in [0.2, 0.25) is 0 Å². The van der Waals surface area contributed by atoms with Crippen LogP contribution in [-0.2, 0) is 26.4 Å². The number of rotatable bonds is 21. The highest BCUT2D eigenvalue weighted by Crippen LogP contribution is 2.36. The Balaban J connectivity index is 0.879. The number of nitrogens with one attached hydrogen (secondary N) is 2. The summed E-state index contributed by atoms with van der Waals surface area (Å²) in [4.78, 5) is 12.6. The van der Waals surface area contributed by atoms with Crippen molar-refractivity contribution in [2.75, 3.05) is 25.6 Å². The second kappa shape index (κ2) is 20.4. The molecule has 0 saturated heterocycles. The maximum Gasteiger partial charge on any atom is 0.255 e. The number of halogens is 1. The van der Waals surface area contributed by atoms with Gasteiger partial charge in [0, 0.05) is 33.5 Å². The van der Waals surface area contributed by atoms with Gasteiger partial charge in [-0.25, -0.2) is 0 Å². The number of ether oxygens (including phenoxy) is 3. The zero-order valence-electron chi connectivity index (χ0n) is 32.1. The van der Waals surface area contributed by atoms with Crippen molar-refractivity contribution in [2.45, 2.75) is 84.0 Å². The lowest BCUT2D eigenvalue weighted by molar-refractivity contribution is 0.0935. The third-order valence-corrected chi connectivity index (χ3v) is 10.4. The molecular weight excluding hydrogens is 750 g/mol. The standard InChI is InChI=1S/C44H50ClN3O9/c1-54-40-15-10-28(41-23-38(48-57-41)30-19-31(24-49)36(27-52)32(20-30)25-50)21-42(40)56-17-9-7-5-3-2-4-6-8-16-55-39-14-11-29(18-33(39)26-51)43-46-37-13-12-34(45)22-35(37)44(53)47-43/h10-15,18-23,43,46,49-52H,2-9,16-17,24-27H2,1H3,(H,47,53). The van der Waals surface area contributed by atoms with E-state index in [4.69, 9.17) is 30.3 Å². The maximum atomic E-state index is 12.6. The Morgan fingerprint density at radius 2 is 1.32 bits per heavy atom. The smallest absolute Gasteiger partial charge is 0.255 e. The van der Waals surface area contributed by atoms with Crippen LogP contribution in [0.5, 0.6) is 17.2 Å². The normalized spacial score (nSPS) is 13.5. The number of aliphatic hydroxyl groups excluding tert-OH is 4. The average Bonchev–Trinajstić information content (AvgIpc) is 3.74. The number of nitrogens with zero attached hydrogens (tertiary/aromatic N) is 1. The molecule has 6 rings (SSSR count). The quantitative estimate of drug-likeness (QED) is 0.0396. The van der Waals surface area contributed by atoms with E-state index in [9.17, 15) is 25.2 Å². The molecule has 5 aromatic rings. The van der Waals surface area contributed by atoms with Crippen LogP contribution < -0.4 is 24.8 Å². The highest BCUT2D eigenvalue weighted by molar-refractivity contribution is 6.31. The van der Waals surface area contributed by atoms with E-state index in [1.165, 1.54) is 0 Å². The van der Waals surface area contributed by atoms with Crippen molar-refractivity contribution in [3.05, 3.63) is 111 Å². The van der Waals surface area contributed by atoms with Crippen molar-refractivity contribution >= 4 is 23.2 Å². The van der Waals surface area contributed by atoms with Crippen LogP contribution in [0.15, 0.2) is 77.3 Å². The topological polar surface area (TPSA) is 176 Å². The first kappa shape index (κ1) is 41.5. The Kier molecular flexibility index (Phi) is 14.8. The van der Waals surface area contributed by atoms with Gasteiger partial charge in [0.05, 0.1) is 52.3 Å². The molecule has 12 nitrogen and oxygen atoms in total. The fourth-order valence-corrected chi connectivity index (χ4v) is 7.16. The van der Waals surface area contributed by atoms with Gasteiger partial charge in [0.15, 0.2) is 17.3 Å². The highest BCUT2D eigenvalue weighted by atomic mass is 35.5. The molecule has 1 aromatic heterocycles. The van der Waals surface area contributed by atoms with Crippen LogP contribution >= 0.6 is 11.6 Å². The number of aliphatic hydroxyl groups is 4. The van der Waals surface area contributed by atoms with E-state index in [1.54, 1.807) is 43.5 Å². The number of unbranched alkanes of at least 4 members (excludes halogenated alkanes) is 7. The van der Waals surface area contributed by atoms with Crippen molar-refractivity contribution in [2.24, 2.45) is 0 Å². The molecule has 0 radical (unpaired) electrons. The fraction of sp³-hybridized carbons (Fsp3) is 0.364. The maximum absolute atomic E-state index is 12.6. The summed E-state index contributed by atoms with van der Waals surface area (Å²) in [6, 6.07) is 21.6. The van der Waals surface area contributed by atoms with Gasteiger partial charge in [0.25, 0.3) is 5.91 Å². The molecule has 0 saturated carbocycles. The molecule has 57 heavy (non-hydrogen) atoms. The van der Waals surface area contributed by atoms with Gasteiger partial charge in [0.1, 0.15) is 17.6 Å². The molecule has 4 aromatic carbocycles. The van der Waals surface area contributed by atoms with E-state index in [0.717, 1.165) is 62.5 Å². The molecule has 0 spiro atoms. The number of hydrogen-bond acceptors (Lipinski definition) is 11. The lowest BCUT2D eigenvalue weighted by Gasteiger charge is -2.28. The summed E-state index contributed by atoms with van der Waals surface area (Å²) in [5.74, 6) is 2.20. The molecule has 1 atom stereocenters. The number of amides is 1. The summed E-state index contributed by atoms with van der Waals surface area (Å²) in [6.07, 6.45) is 8.05. The third kappa shape index (κ3) is 10.4. The number of aromatic nitrogens is 1. The van der Waals surface area contributed by atoms with Crippen molar-refractivity contribution in [3.63, 3.8) is 0 Å². The number of anilines is 1. The summed E-state index contributed by atoms with van der Waals surface area (Å²) in [7, 11) is 1.60. The molecule has 0 fully saturated rings. The molecule has 1 aliphatic heterocycles. The second-order valence-corrected chi connectivity index (χ2v) is 14.4. The first-order chi connectivity index (χ1) is 27.8. The molecular formula is C44H50ClN3O9. The highest BCUT2D eigenvalue weighted by Gasteiger charge is 2.25. The van der Waals surface area contributed by atoms with Gasteiger partial charge in [-0.15, -0.1) is 0 Å². The molecule has 1 amide bonds. The van der Waals surface area contributed by atoms with E-state index >= 15 is 0 Å². The molecule has 13 heteroatoms. The van der Waals surface area contributed by atoms with Crippen LogP contribution in [-0.4, -0.2) is 51.8 Å². The van der Waals surface area contributed by atoms with Gasteiger partial charge >= 0.3 is 0 Å². The summed E-state index contributed by atoms with van der Waals surface area (Å²) in [6.45, 7) is 0.107. The molecule has 6 N–H and O–H groups in total. The number of carbonyl (C=O) groups is 1. The predicted octanol–water partition coefficient (Wildman–Crippen LogP) is 8.07. The third-order valence-electron chi connectivity index (χ3n) is 10.1. The summed E-state index contributed by atoms with van der Waals surface area (Å²) in [5.41, 5.74) is 6.21. The van der Waals surface area contributed by atoms with Crippen molar-refractivity contribution in [3.8, 4) is 39.8 Å².